The molecule has 108 valence electrons. The monoisotopic (exact) mass is 385 g/mol. The molecule has 1 fully saturated rings. The average Bonchev–Trinajstić information content (AvgIpc) is 2.81. The van der Waals surface area contributed by atoms with Crippen molar-refractivity contribution in [3.63, 3.8) is 0 Å². The molecule has 0 radical (unpaired) electrons. The van der Waals surface area contributed by atoms with Crippen molar-refractivity contribution >= 4 is 50.9 Å². The van der Waals surface area contributed by atoms with Crippen LogP contribution in [0.4, 0.5) is 10.1 Å². The Morgan fingerprint density at radius 3 is 2.81 bits per heavy atom. The van der Waals surface area contributed by atoms with Gasteiger partial charge in [0.05, 0.1) is 16.5 Å². The SMILES string of the molecule is O=C1CSC(c2cccc(Br)c2)N1c1ccc(F)cc1Cl. The van der Waals surface area contributed by atoms with Crippen molar-refractivity contribution in [3.8, 4) is 0 Å². The molecular formula is C15H10BrClFNOS. The fourth-order valence-electron chi connectivity index (χ4n) is 2.27. The van der Waals surface area contributed by atoms with Crippen molar-refractivity contribution < 1.29 is 9.18 Å². The van der Waals surface area contributed by atoms with Gasteiger partial charge < -0.3 is 0 Å². The second-order valence-electron chi connectivity index (χ2n) is 4.58. The van der Waals surface area contributed by atoms with Crippen LogP contribution in [0.1, 0.15) is 10.9 Å². The predicted octanol–water partition coefficient (Wildman–Crippen LogP) is 5.02. The van der Waals surface area contributed by atoms with Gasteiger partial charge in [0.1, 0.15) is 11.2 Å². The minimum absolute atomic E-state index is 0.0292. The lowest BCUT2D eigenvalue weighted by atomic mass is 10.2. The highest BCUT2D eigenvalue weighted by molar-refractivity contribution is 9.10. The zero-order chi connectivity index (χ0) is 15.0. The lowest BCUT2D eigenvalue weighted by Crippen LogP contribution is -2.28. The minimum Gasteiger partial charge on any atom is -0.294 e. The summed E-state index contributed by atoms with van der Waals surface area (Å²) < 4.78 is 14.2. The van der Waals surface area contributed by atoms with Crippen LogP contribution >= 0.6 is 39.3 Å². The molecule has 2 aromatic rings. The number of benzene rings is 2. The van der Waals surface area contributed by atoms with E-state index in [1.165, 1.54) is 23.9 Å². The van der Waals surface area contributed by atoms with Crippen LogP contribution in [0.15, 0.2) is 46.9 Å². The van der Waals surface area contributed by atoms with Crippen LogP contribution in [0, 0.1) is 5.82 Å². The maximum Gasteiger partial charge on any atom is 0.238 e. The molecule has 0 N–H and O–H groups in total. The number of amides is 1. The molecule has 0 bridgehead atoms. The van der Waals surface area contributed by atoms with Crippen LogP contribution in [0.3, 0.4) is 0 Å². The van der Waals surface area contributed by atoms with Gasteiger partial charge in [-0.15, -0.1) is 11.8 Å². The summed E-state index contributed by atoms with van der Waals surface area (Å²) in [7, 11) is 0. The summed E-state index contributed by atoms with van der Waals surface area (Å²) in [5.41, 5.74) is 1.54. The Labute approximate surface area is 139 Å². The van der Waals surface area contributed by atoms with Crippen LogP contribution in [0.25, 0.3) is 0 Å². The van der Waals surface area contributed by atoms with Gasteiger partial charge in [0.25, 0.3) is 0 Å². The van der Waals surface area contributed by atoms with E-state index in [0.717, 1.165) is 10.0 Å². The maximum absolute atomic E-state index is 13.2. The second kappa shape index (κ2) is 5.99. The van der Waals surface area contributed by atoms with E-state index in [4.69, 9.17) is 11.6 Å². The number of nitrogens with zero attached hydrogens (tertiary/aromatic N) is 1. The van der Waals surface area contributed by atoms with Gasteiger partial charge in [-0.25, -0.2) is 4.39 Å². The summed E-state index contributed by atoms with van der Waals surface area (Å²) >= 11 is 11.1. The lowest BCUT2D eigenvalue weighted by Gasteiger charge is -2.25. The summed E-state index contributed by atoms with van der Waals surface area (Å²) in [5.74, 6) is -0.0641. The number of rotatable bonds is 2. The molecule has 3 rings (SSSR count). The molecule has 2 aromatic carbocycles. The van der Waals surface area contributed by atoms with Crippen LogP contribution in [0.2, 0.25) is 5.02 Å². The molecule has 0 saturated carbocycles. The fourth-order valence-corrected chi connectivity index (χ4v) is 4.10. The van der Waals surface area contributed by atoms with Gasteiger partial charge in [-0.3, -0.25) is 9.69 Å². The molecule has 1 aliphatic heterocycles. The molecule has 6 heteroatoms. The van der Waals surface area contributed by atoms with Crippen LogP contribution in [-0.2, 0) is 4.79 Å². The Balaban J connectivity index is 2.04. The number of halogens is 3. The standard InChI is InChI=1S/C15H10BrClFNOS/c16-10-3-1-2-9(6-10)15-19(14(20)8-21-15)13-5-4-11(18)7-12(13)17/h1-7,15H,8H2. The number of carbonyl (C=O) groups excluding carboxylic acids is 1. The smallest absolute Gasteiger partial charge is 0.238 e. The number of hydrogen-bond acceptors (Lipinski definition) is 2. The van der Waals surface area contributed by atoms with Crippen molar-refractivity contribution in [1.29, 1.82) is 0 Å². The molecule has 0 spiro atoms. The lowest BCUT2D eigenvalue weighted by molar-refractivity contribution is -0.115. The third-order valence-electron chi connectivity index (χ3n) is 3.17. The van der Waals surface area contributed by atoms with E-state index in [1.807, 2.05) is 24.3 Å². The number of carbonyl (C=O) groups is 1. The first kappa shape index (κ1) is 14.9. The Kier molecular flexibility index (Phi) is 4.24. The van der Waals surface area contributed by atoms with E-state index in [-0.39, 0.29) is 16.3 Å². The van der Waals surface area contributed by atoms with Crippen LogP contribution in [-0.4, -0.2) is 11.7 Å². The van der Waals surface area contributed by atoms with Gasteiger partial charge in [-0.05, 0) is 35.9 Å². The van der Waals surface area contributed by atoms with E-state index < -0.39 is 5.82 Å². The summed E-state index contributed by atoms with van der Waals surface area (Å²) in [5, 5.41) is 0.0869. The Morgan fingerprint density at radius 1 is 1.29 bits per heavy atom. The molecule has 1 aliphatic rings. The van der Waals surface area contributed by atoms with E-state index >= 15 is 0 Å². The van der Waals surface area contributed by atoms with E-state index in [1.54, 1.807) is 11.0 Å². The van der Waals surface area contributed by atoms with Crippen molar-refractivity contribution in [3.05, 3.63) is 63.3 Å². The number of anilines is 1. The second-order valence-corrected chi connectivity index (χ2v) is 6.97. The molecular weight excluding hydrogens is 377 g/mol. The zero-order valence-corrected chi connectivity index (χ0v) is 13.9. The third kappa shape index (κ3) is 2.96. The largest absolute Gasteiger partial charge is 0.294 e. The Morgan fingerprint density at radius 2 is 2.10 bits per heavy atom. The first-order chi connectivity index (χ1) is 10.1. The first-order valence-corrected chi connectivity index (χ1v) is 8.42. The van der Waals surface area contributed by atoms with Crippen molar-refractivity contribution in [2.24, 2.45) is 0 Å². The van der Waals surface area contributed by atoms with Gasteiger partial charge in [0.15, 0.2) is 0 Å². The molecule has 1 unspecified atom stereocenters. The third-order valence-corrected chi connectivity index (χ3v) is 5.18. The first-order valence-electron chi connectivity index (χ1n) is 6.20. The summed E-state index contributed by atoms with van der Waals surface area (Å²) in [6, 6.07) is 11.9. The summed E-state index contributed by atoms with van der Waals surface area (Å²) in [6.07, 6.45) is 0. The zero-order valence-electron chi connectivity index (χ0n) is 10.7. The van der Waals surface area contributed by atoms with Crippen molar-refractivity contribution in [2.75, 3.05) is 10.7 Å². The summed E-state index contributed by atoms with van der Waals surface area (Å²) in [6.45, 7) is 0. The molecule has 1 atom stereocenters. The highest BCUT2D eigenvalue weighted by Gasteiger charge is 2.35. The average molecular weight is 387 g/mol. The predicted molar refractivity (Wildman–Crippen MR) is 88.2 cm³/mol. The van der Waals surface area contributed by atoms with Gasteiger partial charge in [-0.1, -0.05) is 39.7 Å². The molecule has 1 saturated heterocycles. The molecule has 21 heavy (non-hydrogen) atoms. The number of hydrogen-bond donors (Lipinski definition) is 0. The highest BCUT2D eigenvalue weighted by atomic mass is 79.9. The number of thioether (sulfide) groups is 1. The van der Waals surface area contributed by atoms with Gasteiger partial charge in [0, 0.05) is 4.47 Å². The molecule has 0 aromatic heterocycles. The molecule has 1 heterocycles. The fraction of sp³-hybridized carbons (Fsp3) is 0.133. The quantitative estimate of drug-likeness (QED) is 0.722. The van der Waals surface area contributed by atoms with Crippen LogP contribution < -0.4 is 4.90 Å². The van der Waals surface area contributed by atoms with Crippen molar-refractivity contribution in [1.82, 2.24) is 0 Å². The normalized spacial score (nSPS) is 18.3. The minimum atomic E-state index is -0.415. The van der Waals surface area contributed by atoms with E-state index in [0.29, 0.717) is 11.4 Å². The van der Waals surface area contributed by atoms with Gasteiger partial charge in [-0.2, -0.15) is 0 Å². The summed E-state index contributed by atoms with van der Waals surface area (Å²) in [4.78, 5) is 13.9. The highest BCUT2D eigenvalue weighted by Crippen LogP contribution is 2.44. The Bertz CT molecular complexity index is 712. The maximum atomic E-state index is 13.2. The van der Waals surface area contributed by atoms with Gasteiger partial charge >= 0.3 is 0 Å². The van der Waals surface area contributed by atoms with Gasteiger partial charge in [0.2, 0.25) is 5.91 Å². The topological polar surface area (TPSA) is 20.3 Å². The van der Waals surface area contributed by atoms with E-state index in [2.05, 4.69) is 15.9 Å². The van der Waals surface area contributed by atoms with Crippen LogP contribution in [0.5, 0.6) is 0 Å². The molecule has 0 aliphatic carbocycles. The van der Waals surface area contributed by atoms with E-state index in [9.17, 15) is 9.18 Å². The molecule has 1 amide bonds. The Hall–Kier alpha value is -1.04. The molecule has 2 nitrogen and oxygen atoms in total. The van der Waals surface area contributed by atoms with Crippen molar-refractivity contribution in [2.45, 2.75) is 5.37 Å².